The van der Waals surface area contributed by atoms with Crippen LogP contribution in [0.3, 0.4) is 0 Å². The lowest BCUT2D eigenvalue weighted by Crippen LogP contribution is -1.54. The summed E-state index contributed by atoms with van der Waals surface area (Å²) in [5.41, 5.74) is 0. The van der Waals surface area contributed by atoms with E-state index in [2.05, 4.69) is 39.3 Å². The molecular weight excluding hydrogens is 156 g/mol. The van der Waals surface area contributed by atoms with Crippen molar-refractivity contribution in [3.05, 3.63) is 10.8 Å². The highest BCUT2D eigenvalue weighted by Gasteiger charge is 1.74. The minimum absolute atomic E-state index is 0.600. The molecule has 2 nitrogen and oxygen atoms in total. The monoisotopic (exact) mass is 160 g/mol. The molecule has 38 valence electrons. The van der Waals surface area contributed by atoms with Crippen LogP contribution < -0.4 is 0 Å². The van der Waals surface area contributed by atoms with Crippen LogP contribution in [-0.2, 0) is 0 Å². The van der Waals surface area contributed by atoms with E-state index < -0.39 is 0 Å². The first kappa shape index (κ1) is 6.56. The van der Waals surface area contributed by atoms with Gasteiger partial charge in [-0.1, -0.05) is 0 Å². The van der Waals surface area contributed by atoms with Crippen LogP contribution in [0.4, 0.5) is 0 Å². The van der Waals surface area contributed by atoms with E-state index in [0.717, 1.165) is 0 Å². The van der Waals surface area contributed by atoms with Gasteiger partial charge in [-0.15, -0.1) is 0 Å². The molecule has 0 fully saturated rings. The van der Waals surface area contributed by atoms with Crippen molar-refractivity contribution in [3.8, 4) is 0 Å². The Labute approximate surface area is 50.8 Å². The summed E-state index contributed by atoms with van der Waals surface area (Å²) < 4.78 is 0.600. The zero-order valence-electron chi connectivity index (χ0n) is 3.76. The Morgan fingerprint density at radius 1 is 1.57 bits per heavy atom. The van der Waals surface area contributed by atoms with Crippen LogP contribution in [0.5, 0.6) is 0 Å². The summed E-state index contributed by atoms with van der Waals surface area (Å²) in [4.78, 5) is 6.89. The Balaban J connectivity index is 3.72. The smallest absolute Gasteiger partial charge is 0.123 e. The number of hydrogen-bond acceptors (Lipinski definition) is 2. The molecule has 0 rings (SSSR count). The highest BCUT2D eigenvalue weighted by Crippen LogP contribution is 2.02. The van der Waals surface area contributed by atoms with E-state index in [1.54, 1.807) is 0 Å². The predicted molar refractivity (Wildman–Crippen MR) is 36.1 cm³/mol. The van der Waals surface area contributed by atoms with Gasteiger partial charge in [-0.25, -0.2) is 0 Å². The molecule has 0 atom stereocenters. The molecule has 0 aliphatic heterocycles. The minimum Gasteiger partial charge on any atom is -0.270 e. The molecule has 0 aliphatic carbocycles. The summed E-state index contributed by atoms with van der Waals surface area (Å²) in [6.07, 6.45) is 1.47. The first-order valence-electron chi connectivity index (χ1n) is 1.59. The van der Waals surface area contributed by atoms with Crippen molar-refractivity contribution in [3.63, 3.8) is 0 Å². The fourth-order valence-electron chi connectivity index (χ4n) is 0.116. The molecule has 0 saturated carbocycles. The van der Waals surface area contributed by atoms with Gasteiger partial charge in [0.15, 0.2) is 0 Å². The van der Waals surface area contributed by atoms with E-state index in [1.165, 1.54) is 6.20 Å². The zero-order valence-corrected chi connectivity index (χ0v) is 5.35. The Bertz CT molecular complexity index is 106. The van der Waals surface area contributed by atoms with Gasteiger partial charge in [-0.2, -0.15) is 0 Å². The molecule has 0 saturated heterocycles. The summed E-state index contributed by atoms with van der Waals surface area (Å²) >= 11 is 3.04. The van der Waals surface area contributed by atoms with Crippen LogP contribution in [0, 0.1) is 0 Å². The first-order valence-corrected chi connectivity index (χ1v) is 2.38. The Kier molecular flexibility index (Phi) is 3.50. The molecule has 0 unspecified atom stereocenters. The largest absolute Gasteiger partial charge is 0.270 e. The van der Waals surface area contributed by atoms with Crippen molar-refractivity contribution in [1.82, 2.24) is 0 Å². The van der Waals surface area contributed by atoms with Gasteiger partial charge in [0.1, 0.15) is 4.61 Å². The summed E-state index contributed by atoms with van der Waals surface area (Å²) in [7, 11) is 0. The Morgan fingerprint density at radius 3 is 2.29 bits per heavy atom. The maximum atomic E-state index is 3.47. The van der Waals surface area contributed by atoms with Gasteiger partial charge in [0.2, 0.25) is 0 Å². The second-order valence-electron chi connectivity index (χ2n) is 0.793. The SMILES string of the molecule is C=NC=C(Br)N=C. The second-order valence-corrected chi connectivity index (χ2v) is 1.60. The van der Waals surface area contributed by atoms with Crippen LogP contribution in [0.15, 0.2) is 20.8 Å². The molecular formula is C4H5BrN2. The van der Waals surface area contributed by atoms with Gasteiger partial charge in [0, 0.05) is 0 Å². The molecule has 0 radical (unpaired) electrons. The third-order valence-electron chi connectivity index (χ3n) is 0.349. The van der Waals surface area contributed by atoms with Crippen LogP contribution in [-0.4, -0.2) is 13.4 Å². The lowest BCUT2D eigenvalue weighted by atomic mass is 10.9. The Hall–Kier alpha value is -0.440. The molecule has 0 heterocycles. The molecule has 0 aliphatic rings. The van der Waals surface area contributed by atoms with Crippen molar-refractivity contribution >= 4 is 29.4 Å². The molecule has 7 heavy (non-hydrogen) atoms. The maximum absolute atomic E-state index is 3.47. The van der Waals surface area contributed by atoms with Crippen molar-refractivity contribution in [1.29, 1.82) is 0 Å². The highest BCUT2D eigenvalue weighted by molar-refractivity contribution is 9.11. The first-order chi connectivity index (χ1) is 3.31. The highest BCUT2D eigenvalue weighted by atomic mass is 79.9. The average molecular weight is 161 g/mol. The number of hydrogen-bond donors (Lipinski definition) is 0. The standard InChI is InChI=1S/C4H5BrN2/c1-6-3-4(5)7-2/h3H,1-2H2. The summed E-state index contributed by atoms with van der Waals surface area (Å²) in [6, 6.07) is 0. The molecule has 0 N–H and O–H groups in total. The Morgan fingerprint density at radius 2 is 2.14 bits per heavy atom. The number of halogens is 1. The fraction of sp³-hybridized carbons (Fsp3) is 0. The normalized spacial score (nSPS) is 10.7. The molecule has 0 aromatic rings. The minimum atomic E-state index is 0.600. The van der Waals surface area contributed by atoms with Gasteiger partial charge in [-0.3, -0.25) is 9.98 Å². The zero-order chi connectivity index (χ0) is 5.70. The maximum Gasteiger partial charge on any atom is 0.123 e. The third-order valence-corrected chi connectivity index (χ3v) is 0.804. The molecule has 3 heteroatoms. The lowest BCUT2D eigenvalue weighted by Gasteiger charge is -1.77. The predicted octanol–water partition coefficient (Wildman–Crippen LogP) is 1.58. The van der Waals surface area contributed by atoms with Crippen molar-refractivity contribution in [2.45, 2.75) is 0 Å². The second kappa shape index (κ2) is 3.74. The van der Waals surface area contributed by atoms with Crippen molar-refractivity contribution in [2.75, 3.05) is 0 Å². The van der Waals surface area contributed by atoms with Crippen molar-refractivity contribution < 1.29 is 0 Å². The quantitative estimate of drug-likeness (QED) is 0.433. The average Bonchev–Trinajstić information content (AvgIpc) is 1.68. The van der Waals surface area contributed by atoms with Gasteiger partial charge in [0.25, 0.3) is 0 Å². The summed E-state index contributed by atoms with van der Waals surface area (Å²) in [6.45, 7) is 6.43. The number of rotatable bonds is 2. The van der Waals surface area contributed by atoms with E-state index >= 15 is 0 Å². The van der Waals surface area contributed by atoms with E-state index in [4.69, 9.17) is 0 Å². The van der Waals surface area contributed by atoms with E-state index in [0.29, 0.717) is 4.61 Å². The molecule has 0 aromatic heterocycles. The van der Waals surface area contributed by atoms with Crippen LogP contribution in [0.1, 0.15) is 0 Å². The van der Waals surface area contributed by atoms with E-state index in [9.17, 15) is 0 Å². The van der Waals surface area contributed by atoms with Crippen LogP contribution in [0.25, 0.3) is 0 Å². The van der Waals surface area contributed by atoms with Crippen LogP contribution >= 0.6 is 15.9 Å². The van der Waals surface area contributed by atoms with Gasteiger partial charge >= 0.3 is 0 Å². The summed E-state index contributed by atoms with van der Waals surface area (Å²) in [5, 5.41) is 0. The molecule has 0 aromatic carbocycles. The third kappa shape index (κ3) is 3.39. The molecule has 0 bridgehead atoms. The van der Waals surface area contributed by atoms with E-state index in [1.807, 2.05) is 0 Å². The van der Waals surface area contributed by atoms with Crippen LogP contribution in [0.2, 0.25) is 0 Å². The molecule has 0 spiro atoms. The number of aliphatic imine (C=N–C) groups is 2. The molecule has 0 amide bonds. The number of nitrogens with zero attached hydrogens (tertiary/aromatic N) is 2. The van der Waals surface area contributed by atoms with Gasteiger partial charge < -0.3 is 0 Å². The topological polar surface area (TPSA) is 24.7 Å². The lowest BCUT2D eigenvalue weighted by molar-refractivity contribution is 1.49. The van der Waals surface area contributed by atoms with Crippen molar-refractivity contribution in [2.24, 2.45) is 9.98 Å². The van der Waals surface area contributed by atoms with Gasteiger partial charge in [0.05, 0.1) is 6.20 Å². The van der Waals surface area contributed by atoms with Gasteiger partial charge in [-0.05, 0) is 29.4 Å². The summed E-state index contributed by atoms with van der Waals surface area (Å²) in [5.74, 6) is 0. The fourth-order valence-corrected chi connectivity index (χ4v) is 0.261. The van der Waals surface area contributed by atoms with E-state index in [-0.39, 0.29) is 0 Å².